The summed E-state index contributed by atoms with van der Waals surface area (Å²) in [5.74, 6) is 1.08. The van der Waals surface area contributed by atoms with Gasteiger partial charge in [0.05, 0.1) is 12.8 Å². The third kappa shape index (κ3) is 5.65. The molecule has 0 aliphatic carbocycles. The molecule has 0 saturated carbocycles. The molecule has 0 bridgehead atoms. The van der Waals surface area contributed by atoms with Crippen LogP contribution in [0.2, 0.25) is 0 Å². The molecule has 1 N–H and O–H groups in total. The molecule has 0 saturated heterocycles. The van der Waals surface area contributed by atoms with Crippen molar-refractivity contribution in [3.8, 4) is 0 Å². The maximum absolute atomic E-state index is 5.62. The van der Waals surface area contributed by atoms with E-state index in [9.17, 15) is 0 Å². The topological polar surface area (TPSA) is 31.7 Å². The first-order valence-corrected chi connectivity index (χ1v) is 7.73. The molecule has 1 aromatic rings. The number of nitrogens with one attached hydrogen (secondary N) is 1. The van der Waals surface area contributed by atoms with Crippen LogP contribution in [0.15, 0.2) is 16.7 Å². The number of hydrogen-bond donors (Lipinski definition) is 1. The lowest BCUT2D eigenvalue weighted by molar-refractivity contribution is 0.173. The van der Waals surface area contributed by atoms with Gasteiger partial charge in [0.25, 0.3) is 0 Å². The molecule has 1 unspecified atom stereocenters. The fourth-order valence-electron chi connectivity index (χ4n) is 2.48. The molecule has 116 valence electrons. The molecular formula is C16H31N3O. The van der Waals surface area contributed by atoms with Crippen molar-refractivity contribution in [2.45, 2.75) is 46.3 Å². The van der Waals surface area contributed by atoms with E-state index in [0.29, 0.717) is 6.04 Å². The Morgan fingerprint density at radius 1 is 1.30 bits per heavy atom. The van der Waals surface area contributed by atoms with Crippen LogP contribution in [0.5, 0.6) is 0 Å². The van der Waals surface area contributed by atoms with Gasteiger partial charge >= 0.3 is 0 Å². The third-order valence-corrected chi connectivity index (χ3v) is 3.58. The lowest BCUT2D eigenvalue weighted by Gasteiger charge is -2.29. The summed E-state index contributed by atoms with van der Waals surface area (Å²) in [7, 11) is 4.25. The number of likely N-dealkylation sites (N-methyl/N-ethyl adjacent to an activating group) is 2. The van der Waals surface area contributed by atoms with E-state index in [1.165, 1.54) is 5.56 Å². The molecule has 4 nitrogen and oxygen atoms in total. The van der Waals surface area contributed by atoms with Gasteiger partial charge in [-0.15, -0.1) is 0 Å². The van der Waals surface area contributed by atoms with Crippen LogP contribution in [-0.2, 0) is 13.1 Å². The van der Waals surface area contributed by atoms with Crippen LogP contribution in [0, 0.1) is 0 Å². The van der Waals surface area contributed by atoms with Gasteiger partial charge in [-0.1, -0.05) is 13.8 Å². The van der Waals surface area contributed by atoms with Crippen molar-refractivity contribution in [1.82, 2.24) is 15.1 Å². The first kappa shape index (κ1) is 17.2. The molecule has 1 atom stereocenters. The highest BCUT2D eigenvalue weighted by Gasteiger charge is 2.16. The molecule has 0 aliphatic heterocycles. The largest absolute Gasteiger partial charge is 0.468 e. The van der Waals surface area contributed by atoms with Gasteiger partial charge in [-0.2, -0.15) is 0 Å². The molecule has 0 fully saturated rings. The second kappa shape index (κ2) is 9.16. The average Bonchev–Trinajstić information content (AvgIpc) is 2.82. The first-order valence-electron chi connectivity index (χ1n) is 7.73. The van der Waals surface area contributed by atoms with Crippen molar-refractivity contribution in [1.29, 1.82) is 0 Å². The van der Waals surface area contributed by atoms with Gasteiger partial charge in [0.1, 0.15) is 5.76 Å². The molecule has 4 heteroatoms. The molecular weight excluding hydrogens is 250 g/mol. The maximum Gasteiger partial charge on any atom is 0.122 e. The standard InChI is InChI=1S/C16H31N3O/c1-6-9-17-11-16-15(8-10-20-16)13-19(7-2)14(3)12-18(4)5/h8,10,14,17H,6-7,9,11-13H2,1-5H3. The zero-order valence-electron chi connectivity index (χ0n) is 13.8. The predicted molar refractivity (Wildman–Crippen MR) is 84.8 cm³/mol. The van der Waals surface area contributed by atoms with Gasteiger partial charge in [-0.05, 0) is 46.6 Å². The number of nitrogens with zero attached hydrogens (tertiary/aromatic N) is 2. The number of furan rings is 1. The third-order valence-electron chi connectivity index (χ3n) is 3.58. The normalized spacial score (nSPS) is 13.3. The maximum atomic E-state index is 5.62. The molecule has 1 rings (SSSR count). The fraction of sp³-hybridized carbons (Fsp3) is 0.750. The van der Waals surface area contributed by atoms with E-state index >= 15 is 0 Å². The van der Waals surface area contributed by atoms with Crippen molar-refractivity contribution >= 4 is 0 Å². The van der Waals surface area contributed by atoms with Crippen LogP contribution in [-0.4, -0.2) is 49.6 Å². The zero-order chi connectivity index (χ0) is 15.0. The Morgan fingerprint density at radius 3 is 2.65 bits per heavy atom. The molecule has 0 aromatic carbocycles. The van der Waals surface area contributed by atoms with Crippen molar-refractivity contribution < 1.29 is 4.42 Å². The van der Waals surface area contributed by atoms with Crippen LogP contribution in [0.1, 0.15) is 38.5 Å². The Kier molecular flexibility index (Phi) is 7.88. The minimum absolute atomic E-state index is 0.543. The highest BCUT2D eigenvalue weighted by Crippen LogP contribution is 2.15. The van der Waals surface area contributed by atoms with Crippen LogP contribution in [0.4, 0.5) is 0 Å². The first-order chi connectivity index (χ1) is 9.58. The summed E-state index contributed by atoms with van der Waals surface area (Å²) in [6, 6.07) is 2.65. The molecule has 0 spiro atoms. The van der Waals surface area contributed by atoms with Crippen molar-refractivity contribution in [2.24, 2.45) is 0 Å². The SMILES string of the molecule is CCCNCc1occc1CN(CC)C(C)CN(C)C. The van der Waals surface area contributed by atoms with E-state index in [0.717, 1.165) is 44.9 Å². The van der Waals surface area contributed by atoms with Crippen molar-refractivity contribution in [3.63, 3.8) is 0 Å². The van der Waals surface area contributed by atoms with E-state index < -0.39 is 0 Å². The van der Waals surface area contributed by atoms with Gasteiger partial charge in [0.15, 0.2) is 0 Å². The Bertz CT molecular complexity index is 362. The van der Waals surface area contributed by atoms with E-state index in [-0.39, 0.29) is 0 Å². The molecule has 20 heavy (non-hydrogen) atoms. The molecule has 1 aromatic heterocycles. The quantitative estimate of drug-likeness (QED) is 0.668. The second-order valence-corrected chi connectivity index (χ2v) is 5.72. The summed E-state index contributed by atoms with van der Waals surface area (Å²) >= 11 is 0. The van der Waals surface area contributed by atoms with E-state index in [4.69, 9.17) is 4.42 Å². The molecule has 0 amide bonds. The highest BCUT2D eigenvalue weighted by atomic mass is 16.3. The van der Waals surface area contributed by atoms with Crippen molar-refractivity contribution in [3.05, 3.63) is 23.7 Å². The summed E-state index contributed by atoms with van der Waals surface area (Å²) in [6.07, 6.45) is 2.96. The van der Waals surface area contributed by atoms with Gasteiger partial charge in [-0.25, -0.2) is 0 Å². The van der Waals surface area contributed by atoms with E-state index in [1.54, 1.807) is 0 Å². The Labute approximate surface area is 124 Å². The van der Waals surface area contributed by atoms with E-state index in [2.05, 4.69) is 56.0 Å². The average molecular weight is 281 g/mol. The fourth-order valence-corrected chi connectivity index (χ4v) is 2.48. The summed E-state index contributed by atoms with van der Waals surface area (Å²) < 4.78 is 5.62. The Hall–Kier alpha value is -0.840. The minimum Gasteiger partial charge on any atom is -0.468 e. The van der Waals surface area contributed by atoms with Crippen LogP contribution in [0.25, 0.3) is 0 Å². The van der Waals surface area contributed by atoms with Crippen LogP contribution >= 0.6 is 0 Å². The van der Waals surface area contributed by atoms with Gasteiger partial charge in [-0.3, -0.25) is 4.90 Å². The lowest BCUT2D eigenvalue weighted by Crippen LogP contribution is -2.39. The van der Waals surface area contributed by atoms with Crippen LogP contribution < -0.4 is 5.32 Å². The highest BCUT2D eigenvalue weighted by molar-refractivity contribution is 5.17. The lowest BCUT2D eigenvalue weighted by atomic mass is 10.2. The Balaban J connectivity index is 2.58. The van der Waals surface area contributed by atoms with Gasteiger partial charge < -0.3 is 14.6 Å². The van der Waals surface area contributed by atoms with Gasteiger partial charge in [0.2, 0.25) is 0 Å². The van der Waals surface area contributed by atoms with E-state index in [1.807, 2.05) is 6.26 Å². The number of rotatable bonds is 10. The molecule has 0 aliphatic rings. The van der Waals surface area contributed by atoms with Crippen LogP contribution in [0.3, 0.4) is 0 Å². The minimum atomic E-state index is 0.543. The second-order valence-electron chi connectivity index (χ2n) is 5.72. The smallest absolute Gasteiger partial charge is 0.122 e. The summed E-state index contributed by atoms with van der Waals surface area (Å²) in [5.41, 5.74) is 1.31. The monoisotopic (exact) mass is 281 g/mol. The summed E-state index contributed by atoms with van der Waals surface area (Å²) in [6.45, 7) is 11.7. The zero-order valence-corrected chi connectivity index (χ0v) is 13.8. The van der Waals surface area contributed by atoms with Crippen molar-refractivity contribution in [2.75, 3.05) is 33.7 Å². The molecule has 1 heterocycles. The summed E-state index contributed by atoms with van der Waals surface area (Å²) in [4.78, 5) is 4.74. The molecule has 0 radical (unpaired) electrons. The summed E-state index contributed by atoms with van der Waals surface area (Å²) in [5, 5.41) is 3.41. The number of hydrogen-bond acceptors (Lipinski definition) is 4. The Morgan fingerprint density at radius 2 is 2.05 bits per heavy atom. The predicted octanol–water partition coefficient (Wildman–Crippen LogP) is 2.55. The van der Waals surface area contributed by atoms with Gasteiger partial charge in [0, 0.05) is 24.7 Å².